The molecule has 1 aromatic carbocycles. The minimum absolute atomic E-state index is 0.00244. The molecule has 0 aliphatic rings. The number of hydrogen-bond acceptors (Lipinski definition) is 6. The van der Waals surface area contributed by atoms with Gasteiger partial charge in [-0.2, -0.15) is 0 Å². The van der Waals surface area contributed by atoms with Crippen molar-refractivity contribution in [1.29, 1.82) is 0 Å². The van der Waals surface area contributed by atoms with Gasteiger partial charge in [0, 0.05) is 18.1 Å². The molecule has 3 rings (SSSR count). The fourth-order valence-electron chi connectivity index (χ4n) is 2.21. The van der Waals surface area contributed by atoms with E-state index in [1.54, 1.807) is 6.92 Å². The van der Waals surface area contributed by atoms with Gasteiger partial charge in [-0.1, -0.05) is 28.4 Å². The lowest BCUT2D eigenvalue weighted by atomic mass is 10.1. The van der Waals surface area contributed by atoms with Crippen molar-refractivity contribution in [3.8, 4) is 5.75 Å². The Morgan fingerprint density at radius 3 is 2.83 bits per heavy atom. The van der Waals surface area contributed by atoms with Crippen LogP contribution >= 0.6 is 23.2 Å². The van der Waals surface area contributed by atoms with Gasteiger partial charge in [0.1, 0.15) is 28.4 Å². The van der Waals surface area contributed by atoms with Crippen LogP contribution in [0.5, 0.6) is 5.75 Å². The number of benzene rings is 1. The van der Waals surface area contributed by atoms with E-state index in [1.165, 1.54) is 24.5 Å². The lowest BCUT2D eigenvalue weighted by Gasteiger charge is -2.08. The van der Waals surface area contributed by atoms with Gasteiger partial charge in [0.2, 0.25) is 5.43 Å². The first-order valence-electron chi connectivity index (χ1n) is 6.98. The molecule has 2 heterocycles. The molecule has 0 radical (unpaired) electrons. The second-order valence-corrected chi connectivity index (χ2v) is 5.86. The third-order valence-corrected chi connectivity index (χ3v) is 3.87. The first-order valence-corrected chi connectivity index (χ1v) is 7.73. The maximum atomic E-state index is 12.0. The van der Waals surface area contributed by atoms with E-state index in [4.69, 9.17) is 36.9 Å². The van der Waals surface area contributed by atoms with E-state index < -0.39 is 5.97 Å². The van der Waals surface area contributed by atoms with E-state index in [-0.39, 0.29) is 22.0 Å². The van der Waals surface area contributed by atoms with Crippen LogP contribution in [0.1, 0.15) is 17.7 Å². The average molecular weight is 368 g/mol. The number of ether oxygens (including phenoxy) is 1. The monoisotopic (exact) mass is 367 g/mol. The number of fused-ring (bicyclic) bond motifs is 1. The molecule has 3 aromatic rings. The second-order valence-electron chi connectivity index (χ2n) is 5.07. The second kappa shape index (κ2) is 6.67. The fraction of sp³-hybridized carbons (Fsp3) is 0.188. The summed E-state index contributed by atoms with van der Waals surface area (Å²) in [6, 6.07) is 4.58. The summed E-state index contributed by atoms with van der Waals surface area (Å²) < 4.78 is 15.6. The van der Waals surface area contributed by atoms with Crippen LogP contribution in [-0.4, -0.2) is 11.1 Å². The highest BCUT2D eigenvalue weighted by atomic mass is 35.5. The van der Waals surface area contributed by atoms with Crippen LogP contribution in [0, 0.1) is 6.92 Å². The highest BCUT2D eigenvalue weighted by Crippen LogP contribution is 2.27. The highest BCUT2D eigenvalue weighted by molar-refractivity contribution is 6.30. The number of nitrogens with zero attached hydrogens (tertiary/aromatic N) is 1. The molecular formula is C16H11Cl2NO5. The molecule has 0 saturated heterocycles. The van der Waals surface area contributed by atoms with Crippen molar-refractivity contribution in [2.24, 2.45) is 0 Å². The van der Waals surface area contributed by atoms with Crippen molar-refractivity contribution < 1.29 is 18.5 Å². The lowest BCUT2D eigenvalue weighted by Crippen LogP contribution is -2.10. The Balaban J connectivity index is 1.77. The molecular weight excluding hydrogens is 357 g/mol. The van der Waals surface area contributed by atoms with Crippen LogP contribution in [0.15, 0.2) is 38.2 Å². The van der Waals surface area contributed by atoms with Gasteiger partial charge in [0.05, 0.1) is 11.8 Å². The number of rotatable bonds is 4. The molecule has 0 N–H and O–H groups in total. The minimum Gasteiger partial charge on any atom is -0.462 e. The summed E-state index contributed by atoms with van der Waals surface area (Å²) in [6.07, 6.45) is 1.57. The summed E-state index contributed by atoms with van der Waals surface area (Å²) >= 11 is 11.4. The molecule has 8 heteroatoms. The molecule has 0 bridgehead atoms. The molecule has 2 aromatic heterocycles. The predicted molar refractivity (Wildman–Crippen MR) is 87.7 cm³/mol. The SMILES string of the molecule is Cc1c(OC(=O)CCc2cc(Cl)no2)ccc2c(=O)c(Cl)coc12. The van der Waals surface area contributed by atoms with E-state index in [1.807, 2.05) is 0 Å². The van der Waals surface area contributed by atoms with E-state index in [0.29, 0.717) is 34.5 Å². The van der Waals surface area contributed by atoms with Crippen LogP contribution in [0.4, 0.5) is 0 Å². The van der Waals surface area contributed by atoms with Crippen molar-refractivity contribution in [2.45, 2.75) is 19.8 Å². The number of hydrogen-bond donors (Lipinski definition) is 0. The van der Waals surface area contributed by atoms with Crippen molar-refractivity contribution in [2.75, 3.05) is 0 Å². The van der Waals surface area contributed by atoms with E-state index in [9.17, 15) is 9.59 Å². The minimum atomic E-state index is -0.457. The van der Waals surface area contributed by atoms with E-state index >= 15 is 0 Å². The molecule has 0 spiro atoms. The molecule has 0 unspecified atom stereocenters. The van der Waals surface area contributed by atoms with Gasteiger partial charge in [-0.25, -0.2) is 0 Å². The molecule has 124 valence electrons. The zero-order chi connectivity index (χ0) is 17.3. The number of halogens is 2. The van der Waals surface area contributed by atoms with E-state index in [2.05, 4.69) is 5.16 Å². The molecule has 0 fully saturated rings. The number of aryl methyl sites for hydroxylation is 2. The number of carbonyl (C=O) groups is 1. The summed E-state index contributed by atoms with van der Waals surface area (Å²) in [5, 5.41) is 4.09. The van der Waals surface area contributed by atoms with Crippen molar-refractivity contribution in [3.05, 3.63) is 56.2 Å². The Morgan fingerprint density at radius 2 is 2.12 bits per heavy atom. The number of aromatic nitrogens is 1. The maximum absolute atomic E-state index is 12.0. The van der Waals surface area contributed by atoms with Gasteiger partial charge in [-0.3, -0.25) is 9.59 Å². The predicted octanol–water partition coefficient (Wildman–Crippen LogP) is 3.93. The normalized spacial score (nSPS) is 11.0. The molecule has 6 nitrogen and oxygen atoms in total. The average Bonchev–Trinajstić information content (AvgIpc) is 2.97. The van der Waals surface area contributed by atoms with Crippen LogP contribution in [0.25, 0.3) is 11.0 Å². The summed E-state index contributed by atoms with van der Waals surface area (Å²) in [5.74, 6) is 0.350. The van der Waals surface area contributed by atoms with Crippen molar-refractivity contribution in [1.82, 2.24) is 5.16 Å². The largest absolute Gasteiger partial charge is 0.462 e. The smallest absolute Gasteiger partial charge is 0.311 e. The van der Waals surface area contributed by atoms with Gasteiger partial charge < -0.3 is 13.7 Å². The van der Waals surface area contributed by atoms with E-state index in [0.717, 1.165) is 0 Å². The number of carbonyl (C=O) groups excluding carboxylic acids is 1. The van der Waals surface area contributed by atoms with Crippen LogP contribution < -0.4 is 10.2 Å². The van der Waals surface area contributed by atoms with Gasteiger partial charge >= 0.3 is 5.97 Å². The zero-order valence-corrected chi connectivity index (χ0v) is 14.0. The van der Waals surface area contributed by atoms with Gasteiger partial charge in [-0.05, 0) is 19.1 Å². The maximum Gasteiger partial charge on any atom is 0.311 e. The number of esters is 1. The van der Waals surface area contributed by atoms with Gasteiger partial charge in [0.25, 0.3) is 0 Å². The molecule has 0 aliphatic heterocycles. The Hall–Kier alpha value is -2.31. The Kier molecular flexibility index (Phi) is 4.59. The van der Waals surface area contributed by atoms with Crippen molar-refractivity contribution in [3.63, 3.8) is 0 Å². The summed E-state index contributed by atoms with van der Waals surface area (Å²) in [7, 11) is 0. The lowest BCUT2D eigenvalue weighted by molar-refractivity contribution is -0.134. The Morgan fingerprint density at radius 1 is 1.33 bits per heavy atom. The van der Waals surface area contributed by atoms with Crippen LogP contribution in [0.3, 0.4) is 0 Å². The topological polar surface area (TPSA) is 82.5 Å². The van der Waals surface area contributed by atoms with Crippen molar-refractivity contribution >= 4 is 40.1 Å². The summed E-state index contributed by atoms with van der Waals surface area (Å²) in [4.78, 5) is 23.9. The molecule has 0 saturated carbocycles. The first kappa shape index (κ1) is 16.5. The van der Waals surface area contributed by atoms with Crippen LogP contribution in [-0.2, 0) is 11.2 Å². The molecule has 24 heavy (non-hydrogen) atoms. The zero-order valence-electron chi connectivity index (χ0n) is 12.5. The standard InChI is InChI=1S/C16H11Cl2NO5/c1-8-12(4-3-10-15(21)11(17)7-22-16(8)10)23-14(20)5-2-9-6-13(18)19-24-9/h3-4,6-7H,2,5H2,1H3. The third-order valence-electron chi connectivity index (χ3n) is 3.43. The third kappa shape index (κ3) is 3.29. The summed E-state index contributed by atoms with van der Waals surface area (Å²) in [5.41, 5.74) is 0.537. The Bertz CT molecular complexity index is 976. The highest BCUT2D eigenvalue weighted by Gasteiger charge is 2.15. The quantitative estimate of drug-likeness (QED) is 0.513. The summed E-state index contributed by atoms with van der Waals surface area (Å²) in [6.45, 7) is 1.69. The fourth-order valence-corrected chi connectivity index (χ4v) is 2.51. The first-order chi connectivity index (χ1) is 11.5. The molecule has 0 amide bonds. The van der Waals surface area contributed by atoms with Crippen LogP contribution in [0.2, 0.25) is 10.2 Å². The van der Waals surface area contributed by atoms with Gasteiger partial charge in [-0.15, -0.1) is 0 Å². The van der Waals surface area contributed by atoms with Gasteiger partial charge in [0.15, 0.2) is 5.15 Å². The Labute approximate surface area is 145 Å². The molecule has 0 aliphatic carbocycles. The molecule has 0 atom stereocenters.